The van der Waals surface area contributed by atoms with Crippen molar-refractivity contribution in [1.29, 1.82) is 0 Å². The Balaban J connectivity index is 1.43. The second kappa shape index (κ2) is 9.76. The lowest BCUT2D eigenvalue weighted by Crippen LogP contribution is -2.41. The van der Waals surface area contributed by atoms with E-state index in [0.717, 1.165) is 17.7 Å². The number of amides is 1. The van der Waals surface area contributed by atoms with Gasteiger partial charge in [0.05, 0.1) is 6.26 Å². The molecule has 3 heterocycles. The normalized spacial score (nSPS) is 15.8. The number of nitrogens with one attached hydrogen (secondary N) is 1. The molecule has 1 aromatic carbocycles. The van der Waals surface area contributed by atoms with E-state index >= 15 is 0 Å². The molecule has 1 aliphatic heterocycles. The molecule has 0 atom stereocenters. The average Bonchev–Trinajstić information content (AvgIpc) is 3.47. The van der Waals surface area contributed by atoms with Crippen LogP contribution in [0, 0.1) is 12.8 Å². The van der Waals surface area contributed by atoms with Crippen LogP contribution in [0.5, 0.6) is 0 Å². The minimum atomic E-state index is -3.82. The summed E-state index contributed by atoms with van der Waals surface area (Å²) in [6.45, 7) is 4.17. The second-order valence-corrected chi connectivity index (χ2v) is 9.91. The highest BCUT2D eigenvalue weighted by Crippen LogP contribution is 2.29. The maximum atomic E-state index is 13.4. The molecule has 0 spiro atoms. The van der Waals surface area contributed by atoms with Crippen LogP contribution in [0.15, 0.2) is 56.5 Å². The van der Waals surface area contributed by atoms with Gasteiger partial charge < -0.3 is 14.3 Å². The van der Waals surface area contributed by atoms with Crippen molar-refractivity contribution in [1.82, 2.24) is 9.46 Å². The summed E-state index contributed by atoms with van der Waals surface area (Å²) in [5, 5.41) is 6.82. The average molecular weight is 470 g/mol. The van der Waals surface area contributed by atoms with Crippen LogP contribution in [-0.4, -0.2) is 36.9 Å². The Morgan fingerprint density at radius 2 is 2.00 bits per heavy atom. The number of piperidine rings is 1. The fourth-order valence-electron chi connectivity index (χ4n) is 3.94. The van der Waals surface area contributed by atoms with Crippen LogP contribution in [-0.2, 0) is 21.2 Å². The number of hydrogen-bond acceptors (Lipinski definition) is 6. The van der Waals surface area contributed by atoms with Gasteiger partial charge in [-0.3, -0.25) is 4.79 Å². The SMILES string of the molecule is CCc1cccc(NC(=O)C2CCN(S(=O)(=O)c3c(C)noc3C=Cc3ccco3)CC2)c1. The molecule has 0 saturated carbocycles. The highest BCUT2D eigenvalue weighted by Gasteiger charge is 2.36. The topological polar surface area (TPSA) is 106 Å². The van der Waals surface area contributed by atoms with Crippen molar-refractivity contribution in [2.45, 2.75) is 38.0 Å². The summed E-state index contributed by atoms with van der Waals surface area (Å²) >= 11 is 0. The number of aromatic nitrogens is 1. The fourth-order valence-corrected chi connectivity index (χ4v) is 5.66. The largest absolute Gasteiger partial charge is 0.465 e. The van der Waals surface area contributed by atoms with Gasteiger partial charge >= 0.3 is 0 Å². The van der Waals surface area contributed by atoms with Crippen LogP contribution < -0.4 is 5.32 Å². The number of carbonyl (C=O) groups excluding carboxylic acids is 1. The van der Waals surface area contributed by atoms with Crippen molar-refractivity contribution < 1.29 is 22.2 Å². The predicted molar refractivity (Wildman–Crippen MR) is 125 cm³/mol. The number of furan rings is 1. The molecule has 4 rings (SSSR count). The summed E-state index contributed by atoms with van der Waals surface area (Å²) < 4.78 is 38.6. The van der Waals surface area contributed by atoms with Crippen molar-refractivity contribution in [2.75, 3.05) is 18.4 Å². The molecule has 2 aromatic heterocycles. The Kier molecular flexibility index (Phi) is 6.80. The number of hydrogen-bond donors (Lipinski definition) is 1. The number of rotatable bonds is 7. The highest BCUT2D eigenvalue weighted by molar-refractivity contribution is 7.89. The maximum Gasteiger partial charge on any atom is 0.248 e. The summed E-state index contributed by atoms with van der Waals surface area (Å²) in [5.74, 6) is 0.399. The molecule has 0 bridgehead atoms. The van der Waals surface area contributed by atoms with Crippen LogP contribution in [0.3, 0.4) is 0 Å². The summed E-state index contributed by atoms with van der Waals surface area (Å²) in [6, 6.07) is 11.3. The maximum absolute atomic E-state index is 13.4. The van der Waals surface area contributed by atoms with Crippen LogP contribution in [0.4, 0.5) is 5.69 Å². The third-order valence-corrected chi connectivity index (χ3v) is 7.86. The van der Waals surface area contributed by atoms with Crippen molar-refractivity contribution in [3.8, 4) is 0 Å². The van der Waals surface area contributed by atoms with Gasteiger partial charge in [0.15, 0.2) is 10.7 Å². The zero-order valence-electron chi connectivity index (χ0n) is 18.7. The zero-order chi connectivity index (χ0) is 23.4. The zero-order valence-corrected chi connectivity index (χ0v) is 19.5. The van der Waals surface area contributed by atoms with E-state index in [1.807, 2.05) is 24.3 Å². The molecule has 0 radical (unpaired) electrons. The molecule has 3 aromatic rings. The van der Waals surface area contributed by atoms with E-state index in [0.29, 0.717) is 24.3 Å². The van der Waals surface area contributed by atoms with E-state index in [4.69, 9.17) is 8.94 Å². The number of aryl methyl sites for hydroxylation is 2. The third kappa shape index (κ3) is 5.09. The van der Waals surface area contributed by atoms with Gasteiger partial charge in [-0.15, -0.1) is 0 Å². The van der Waals surface area contributed by atoms with Gasteiger partial charge in [-0.05, 0) is 68.2 Å². The van der Waals surface area contributed by atoms with E-state index in [-0.39, 0.29) is 35.6 Å². The number of sulfonamides is 1. The van der Waals surface area contributed by atoms with Crippen LogP contribution in [0.2, 0.25) is 0 Å². The molecule has 1 aliphatic rings. The first-order chi connectivity index (χ1) is 15.9. The second-order valence-electron chi connectivity index (χ2n) is 8.03. The van der Waals surface area contributed by atoms with Gasteiger partial charge in [-0.1, -0.05) is 24.2 Å². The molecule has 0 unspecified atom stereocenters. The first-order valence-electron chi connectivity index (χ1n) is 11.0. The van der Waals surface area contributed by atoms with Crippen LogP contribution in [0.25, 0.3) is 12.2 Å². The minimum Gasteiger partial charge on any atom is -0.465 e. The van der Waals surface area contributed by atoms with Gasteiger partial charge in [0.2, 0.25) is 15.9 Å². The van der Waals surface area contributed by atoms with E-state index in [2.05, 4.69) is 17.4 Å². The summed E-state index contributed by atoms with van der Waals surface area (Å²) in [5.41, 5.74) is 2.21. The van der Waals surface area contributed by atoms with Gasteiger partial charge in [0, 0.05) is 24.7 Å². The summed E-state index contributed by atoms with van der Waals surface area (Å²) in [6.07, 6.45) is 6.48. The van der Waals surface area contributed by atoms with Crippen LogP contribution in [0.1, 0.15) is 42.5 Å². The number of benzene rings is 1. The Labute approximate surface area is 193 Å². The Bertz CT molecular complexity index is 1240. The lowest BCUT2D eigenvalue weighted by molar-refractivity contribution is -0.120. The molecule has 174 valence electrons. The van der Waals surface area contributed by atoms with Gasteiger partial charge in [0.1, 0.15) is 11.5 Å². The molecular weight excluding hydrogens is 442 g/mol. The lowest BCUT2D eigenvalue weighted by Gasteiger charge is -2.30. The van der Waals surface area contributed by atoms with Crippen molar-refractivity contribution in [3.05, 3.63) is 65.4 Å². The lowest BCUT2D eigenvalue weighted by atomic mass is 9.97. The molecule has 0 aliphatic carbocycles. The standard InChI is InChI=1S/C24H27N3O5S/c1-3-18-6-4-7-20(16-18)25-24(28)19-11-13-27(14-12-19)33(29,30)23-17(2)26-32-22(23)10-9-21-8-5-15-31-21/h4-10,15-16,19H,3,11-14H2,1-2H3,(H,25,28). The van der Waals surface area contributed by atoms with Crippen molar-refractivity contribution >= 4 is 33.8 Å². The number of anilines is 1. The van der Waals surface area contributed by atoms with E-state index < -0.39 is 10.0 Å². The van der Waals surface area contributed by atoms with E-state index in [1.54, 1.807) is 25.1 Å². The van der Waals surface area contributed by atoms with E-state index in [9.17, 15) is 13.2 Å². The summed E-state index contributed by atoms with van der Waals surface area (Å²) in [4.78, 5) is 12.8. The molecule has 9 heteroatoms. The number of carbonyl (C=O) groups is 1. The van der Waals surface area contributed by atoms with Gasteiger partial charge in [-0.25, -0.2) is 8.42 Å². The third-order valence-electron chi connectivity index (χ3n) is 5.80. The first kappa shape index (κ1) is 23.0. The fraction of sp³-hybridized carbons (Fsp3) is 0.333. The Hall–Kier alpha value is -3.17. The van der Waals surface area contributed by atoms with Crippen molar-refractivity contribution in [2.24, 2.45) is 5.92 Å². The smallest absolute Gasteiger partial charge is 0.248 e. The van der Waals surface area contributed by atoms with Gasteiger partial charge in [0.25, 0.3) is 0 Å². The molecule has 33 heavy (non-hydrogen) atoms. The predicted octanol–water partition coefficient (Wildman–Crippen LogP) is 4.35. The van der Waals surface area contributed by atoms with Crippen LogP contribution >= 0.6 is 0 Å². The Morgan fingerprint density at radius 1 is 1.21 bits per heavy atom. The minimum absolute atomic E-state index is 0.0459. The highest BCUT2D eigenvalue weighted by atomic mass is 32.2. The molecule has 1 N–H and O–H groups in total. The Morgan fingerprint density at radius 3 is 2.70 bits per heavy atom. The van der Waals surface area contributed by atoms with Gasteiger partial charge in [-0.2, -0.15) is 4.31 Å². The first-order valence-corrected chi connectivity index (χ1v) is 12.4. The molecule has 8 nitrogen and oxygen atoms in total. The molecule has 1 amide bonds. The molecule has 1 fully saturated rings. The monoisotopic (exact) mass is 469 g/mol. The number of nitrogens with zero attached hydrogens (tertiary/aromatic N) is 2. The van der Waals surface area contributed by atoms with Crippen molar-refractivity contribution in [3.63, 3.8) is 0 Å². The molecular formula is C24H27N3O5S. The van der Waals surface area contributed by atoms with E-state index in [1.165, 1.54) is 16.6 Å². The molecule has 1 saturated heterocycles. The summed E-state index contributed by atoms with van der Waals surface area (Å²) in [7, 11) is -3.82. The quantitative estimate of drug-likeness (QED) is 0.552.